The van der Waals surface area contributed by atoms with Gasteiger partial charge in [-0.25, -0.2) is 0 Å². The SMILES string of the molecule is Oc1cc2c(cc1O)[C@@H](c1ccccn1)NCC2. The van der Waals surface area contributed by atoms with Crippen LogP contribution in [-0.2, 0) is 6.42 Å². The number of aromatic hydroxyl groups is 2. The number of nitrogens with zero attached hydrogens (tertiary/aromatic N) is 1. The minimum absolute atomic E-state index is 0.0264. The normalized spacial score (nSPS) is 18.3. The molecule has 92 valence electrons. The Hall–Kier alpha value is -2.07. The zero-order valence-corrected chi connectivity index (χ0v) is 9.80. The van der Waals surface area contributed by atoms with E-state index in [0.717, 1.165) is 29.8 Å². The highest BCUT2D eigenvalue weighted by atomic mass is 16.3. The highest BCUT2D eigenvalue weighted by molar-refractivity contribution is 5.49. The summed E-state index contributed by atoms with van der Waals surface area (Å²) in [6.07, 6.45) is 2.60. The van der Waals surface area contributed by atoms with Gasteiger partial charge in [0.25, 0.3) is 0 Å². The highest BCUT2D eigenvalue weighted by Gasteiger charge is 2.23. The first-order valence-electron chi connectivity index (χ1n) is 5.95. The fourth-order valence-electron chi connectivity index (χ4n) is 2.39. The second-order valence-corrected chi connectivity index (χ2v) is 4.43. The number of hydrogen-bond donors (Lipinski definition) is 3. The third-order valence-corrected chi connectivity index (χ3v) is 3.27. The minimum Gasteiger partial charge on any atom is -0.504 e. The summed E-state index contributed by atoms with van der Waals surface area (Å²) in [7, 11) is 0. The van der Waals surface area contributed by atoms with Crippen LogP contribution in [0.15, 0.2) is 36.5 Å². The van der Waals surface area contributed by atoms with E-state index >= 15 is 0 Å². The first-order chi connectivity index (χ1) is 8.75. The lowest BCUT2D eigenvalue weighted by Crippen LogP contribution is -2.31. The highest BCUT2D eigenvalue weighted by Crippen LogP contribution is 2.35. The Morgan fingerprint density at radius 1 is 1.17 bits per heavy atom. The molecule has 18 heavy (non-hydrogen) atoms. The van der Waals surface area contributed by atoms with Gasteiger partial charge in [0.05, 0.1) is 11.7 Å². The van der Waals surface area contributed by atoms with Crippen molar-refractivity contribution in [3.8, 4) is 11.5 Å². The Kier molecular flexibility index (Phi) is 2.64. The molecule has 1 aliphatic heterocycles. The molecule has 3 N–H and O–H groups in total. The van der Waals surface area contributed by atoms with Gasteiger partial charge in [0.15, 0.2) is 11.5 Å². The van der Waals surface area contributed by atoms with Crippen LogP contribution in [-0.4, -0.2) is 21.7 Å². The zero-order chi connectivity index (χ0) is 12.5. The predicted octanol–water partition coefficient (Wildman–Crippen LogP) is 1.73. The molecule has 4 heteroatoms. The largest absolute Gasteiger partial charge is 0.504 e. The molecule has 1 aromatic carbocycles. The lowest BCUT2D eigenvalue weighted by atomic mass is 9.91. The fourth-order valence-corrected chi connectivity index (χ4v) is 2.39. The lowest BCUT2D eigenvalue weighted by Gasteiger charge is -2.27. The molecule has 3 rings (SSSR count). The van der Waals surface area contributed by atoms with Gasteiger partial charge in [-0.1, -0.05) is 6.07 Å². The van der Waals surface area contributed by atoms with Crippen molar-refractivity contribution >= 4 is 0 Å². The maximum atomic E-state index is 9.64. The number of rotatable bonds is 1. The monoisotopic (exact) mass is 242 g/mol. The van der Waals surface area contributed by atoms with Crippen LogP contribution >= 0.6 is 0 Å². The predicted molar refractivity (Wildman–Crippen MR) is 67.6 cm³/mol. The molecule has 1 aliphatic rings. The summed E-state index contributed by atoms with van der Waals surface area (Å²) in [5.41, 5.74) is 2.96. The maximum Gasteiger partial charge on any atom is 0.157 e. The molecule has 0 fully saturated rings. The third kappa shape index (κ3) is 1.80. The molecule has 2 heterocycles. The van der Waals surface area contributed by atoms with Crippen molar-refractivity contribution in [2.24, 2.45) is 0 Å². The van der Waals surface area contributed by atoms with E-state index in [-0.39, 0.29) is 17.5 Å². The molecular formula is C14H14N2O2. The maximum absolute atomic E-state index is 9.64. The summed E-state index contributed by atoms with van der Waals surface area (Å²) in [6.45, 7) is 0.832. The Bertz CT molecular complexity index is 570. The Labute approximate surface area is 105 Å². The van der Waals surface area contributed by atoms with Gasteiger partial charge in [0, 0.05) is 12.7 Å². The Morgan fingerprint density at radius 3 is 2.78 bits per heavy atom. The van der Waals surface area contributed by atoms with Crippen LogP contribution in [0.1, 0.15) is 22.9 Å². The molecule has 1 aromatic heterocycles. The van der Waals surface area contributed by atoms with Crippen LogP contribution in [0.4, 0.5) is 0 Å². The van der Waals surface area contributed by atoms with Crippen LogP contribution in [0.3, 0.4) is 0 Å². The smallest absolute Gasteiger partial charge is 0.157 e. The number of aromatic nitrogens is 1. The second-order valence-electron chi connectivity index (χ2n) is 4.43. The van der Waals surface area contributed by atoms with Crippen molar-refractivity contribution < 1.29 is 10.2 Å². The summed E-state index contributed by atoms with van der Waals surface area (Å²) in [4.78, 5) is 4.35. The van der Waals surface area contributed by atoms with Crippen molar-refractivity contribution in [1.82, 2.24) is 10.3 Å². The fraction of sp³-hybridized carbons (Fsp3) is 0.214. The van der Waals surface area contributed by atoms with E-state index in [0.29, 0.717) is 0 Å². The topological polar surface area (TPSA) is 65.4 Å². The lowest BCUT2D eigenvalue weighted by molar-refractivity contribution is 0.400. The number of fused-ring (bicyclic) bond motifs is 1. The van der Waals surface area contributed by atoms with E-state index in [4.69, 9.17) is 0 Å². The molecule has 0 bridgehead atoms. The van der Waals surface area contributed by atoms with Gasteiger partial charge < -0.3 is 15.5 Å². The molecule has 0 saturated heterocycles. The molecule has 0 radical (unpaired) electrons. The molecule has 2 aromatic rings. The summed E-state index contributed by atoms with van der Waals surface area (Å²) < 4.78 is 0. The van der Waals surface area contributed by atoms with E-state index in [2.05, 4.69) is 10.3 Å². The van der Waals surface area contributed by atoms with Crippen LogP contribution < -0.4 is 5.32 Å². The van der Waals surface area contributed by atoms with Gasteiger partial charge in [0.1, 0.15) is 0 Å². The van der Waals surface area contributed by atoms with Gasteiger partial charge in [-0.3, -0.25) is 4.98 Å². The third-order valence-electron chi connectivity index (χ3n) is 3.27. The van der Waals surface area contributed by atoms with E-state index in [1.54, 1.807) is 18.3 Å². The van der Waals surface area contributed by atoms with E-state index in [1.807, 2.05) is 18.2 Å². The Morgan fingerprint density at radius 2 is 2.00 bits per heavy atom. The quantitative estimate of drug-likeness (QED) is 0.666. The molecule has 0 amide bonds. The minimum atomic E-state index is -0.0848. The second kappa shape index (κ2) is 4.31. The number of hydrogen-bond acceptors (Lipinski definition) is 4. The first-order valence-corrected chi connectivity index (χ1v) is 5.95. The van der Waals surface area contributed by atoms with Gasteiger partial charge >= 0.3 is 0 Å². The summed E-state index contributed by atoms with van der Waals surface area (Å²) in [5, 5.41) is 22.6. The van der Waals surface area contributed by atoms with Crippen molar-refractivity contribution in [2.75, 3.05) is 6.54 Å². The summed E-state index contributed by atoms with van der Waals surface area (Å²) in [5.74, 6) is -0.145. The molecule has 0 saturated carbocycles. The van der Waals surface area contributed by atoms with Crippen molar-refractivity contribution in [3.63, 3.8) is 0 Å². The van der Waals surface area contributed by atoms with E-state index < -0.39 is 0 Å². The van der Waals surface area contributed by atoms with Crippen LogP contribution in [0.25, 0.3) is 0 Å². The molecule has 0 unspecified atom stereocenters. The zero-order valence-electron chi connectivity index (χ0n) is 9.80. The number of nitrogens with one attached hydrogen (secondary N) is 1. The average Bonchev–Trinajstić information content (AvgIpc) is 2.40. The van der Waals surface area contributed by atoms with Crippen molar-refractivity contribution in [2.45, 2.75) is 12.5 Å². The van der Waals surface area contributed by atoms with Crippen LogP contribution in [0.5, 0.6) is 11.5 Å². The Balaban J connectivity index is 2.09. The van der Waals surface area contributed by atoms with Gasteiger partial charge in [0.2, 0.25) is 0 Å². The summed E-state index contributed by atoms with van der Waals surface area (Å²) in [6, 6.07) is 9.01. The molecule has 0 aliphatic carbocycles. The summed E-state index contributed by atoms with van der Waals surface area (Å²) >= 11 is 0. The van der Waals surface area contributed by atoms with Crippen molar-refractivity contribution in [3.05, 3.63) is 53.3 Å². The van der Waals surface area contributed by atoms with Gasteiger partial charge in [-0.15, -0.1) is 0 Å². The number of phenolic OH excluding ortho intramolecular Hbond substituents is 2. The van der Waals surface area contributed by atoms with Gasteiger partial charge in [-0.2, -0.15) is 0 Å². The van der Waals surface area contributed by atoms with Crippen LogP contribution in [0, 0.1) is 0 Å². The van der Waals surface area contributed by atoms with E-state index in [1.165, 1.54) is 0 Å². The molecular weight excluding hydrogens is 228 g/mol. The number of pyridine rings is 1. The number of benzene rings is 1. The van der Waals surface area contributed by atoms with E-state index in [9.17, 15) is 10.2 Å². The van der Waals surface area contributed by atoms with Crippen LogP contribution in [0.2, 0.25) is 0 Å². The average molecular weight is 242 g/mol. The first kappa shape index (κ1) is 11.0. The molecule has 0 spiro atoms. The standard InChI is InChI=1S/C14H14N2O2/c17-12-7-9-4-6-16-14(10(9)8-13(12)18)11-3-1-2-5-15-11/h1-3,5,7-8,14,16-18H,4,6H2/t14-/m0/s1. The molecule has 1 atom stereocenters. The number of phenols is 2. The molecule has 4 nitrogen and oxygen atoms in total. The van der Waals surface area contributed by atoms with Gasteiger partial charge in [-0.05, 0) is 41.8 Å². The van der Waals surface area contributed by atoms with Crippen molar-refractivity contribution in [1.29, 1.82) is 0 Å².